The van der Waals surface area contributed by atoms with Crippen LogP contribution in [-0.4, -0.2) is 19.9 Å². The fourth-order valence-corrected chi connectivity index (χ4v) is 3.98. The Kier molecular flexibility index (Phi) is 5.99. The number of para-hydroxylation sites is 1. The number of benzene rings is 2. The van der Waals surface area contributed by atoms with Gasteiger partial charge >= 0.3 is 0 Å². The Balaban J connectivity index is 1.78. The summed E-state index contributed by atoms with van der Waals surface area (Å²) in [5.41, 5.74) is 2.57. The van der Waals surface area contributed by atoms with Gasteiger partial charge < -0.3 is 4.90 Å². The summed E-state index contributed by atoms with van der Waals surface area (Å²) >= 11 is 0. The summed E-state index contributed by atoms with van der Waals surface area (Å²) in [4.78, 5) is 6.74. The quantitative estimate of drug-likeness (QED) is 0.600. The van der Waals surface area contributed by atoms with Crippen molar-refractivity contribution < 1.29 is 8.42 Å². The molecule has 0 radical (unpaired) electrons. The molecule has 6 heteroatoms. The fraction of sp³-hybridized carbons (Fsp3) is 0.227. The Morgan fingerprint density at radius 1 is 0.964 bits per heavy atom. The first-order chi connectivity index (χ1) is 13.4. The van der Waals surface area contributed by atoms with Crippen LogP contribution in [0.15, 0.2) is 77.8 Å². The molecule has 0 saturated heterocycles. The summed E-state index contributed by atoms with van der Waals surface area (Å²) in [5, 5.41) is 0. The maximum atomic E-state index is 12.6. The molecule has 3 rings (SSSR count). The standard InChI is InChI=1S/C22H25N3O2S/c1-4-25(20-8-6-5-7-9-20)22-15-12-19(16-23-22)24-28(26,27)21-13-10-18(11-14-21)17(2)3/h5-17,24H,4H2,1-3H3. The van der Waals surface area contributed by atoms with Crippen LogP contribution in [0, 0.1) is 0 Å². The highest BCUT2D eigenvalue weighted by Gasteiger charge is 2.15. The van der Waals surface area contributed by atoms with Crippen molar-refractivity contribution in [1.29, 1.82) is 0 Å². The van der Waals surface area contributed by atoms with E-state index in [0.29, 0.717) is 11.6 Å². The first-order valence-electron chi connectivity index (χ1n) is 9.32. The molecule has 0 aliphatic rings. The highest BCUT2D eigenvalue weighted by molar-refractivity contribution is 7.92. The third kappa shape index (κ3) is 4.51. The molecule has 146 valence electrons. The molecular formula is C22H25N3O2S. The SMILES string of the molecule is CCN(c1ccccc1)c1ccc(NS(=O)(=O)c2ccc(C(C)C)cc2)cn1. The number of rotatable bonds is 7. The van der Waals surface area contributed by atoms with Crippen LogP contribution in [0.2, 0.25) is 0 Å². The molecule has 0 bridgehead atoms. The molecule has 0 aliphatic carbocycles. The van der Waals surface area contributed by atoms with Crippen LogP contribution in [0.1, 0.15) is 32.3 Å². The summed E-state index contributed by atoms with van der Waals surface area (Å²) in [5.74, 6) is 1.12. The van der Waals surface area contributed by atoms with Gasteiger partial charge in [-0.2, -0.15) is 0 Å². The first-order valence-corrected chi connectivity index (χ1v) is 10.8. The van der Waals surface area contributed by atoms with E-state index in [4.69, 9.17) is 0 Å². The van der Waals surface area contributed by atoms with E-state index in [1.165, 1.54) is 0 Å². The summed E-state index contributed by atoms with van der Waals surface area (Å²) in [7, 11) is -3.65. The van der Waals surface area contributed by atoms with Gasteiger partial charge in [-0.3, -0.25) is 4.72 Å². The molecule has 1 heterocycles. The van der Waals surface area contributed by atoms with Crippen LogP contribution in [0.3, 0.4) is 0 Å². The van der Waals surface area contributed by atoms with Gasteiger partial charge in [0.25, 0.3) is 10.0 Å². The Morgan fingerprint density at radius 2 is 1.64 bits per heavy atom. The summed E-state index contributed by atoms with van der Waals surface area (Å²) in [6.45, 7) is 6.95. The lowest BCUT2D eigenvalue weighted by Gasteiger charge is -2.22. The molecule has 0 amide bonds. The molecule has 5 nitrogen and oxygen atoms in total. The molecule has 0 fully saturated rings. The zero-order valence-corrected chi connectivity index (χ0v) is 17.1. The van der Waals surface area contributed by atoms with Crippen LogP contribution >= 0.6 is 0 Å². The average Bonchev–Trinajstić information content (AvgIpc) is 2.70. The first kappa shape index (κ1) is 19.9. The number of sulfonamides is 1. The molecule has 3 aromatic rings. The molecule has 28 heavy (non-hydrogen) atoms. The molecular weight excluding hydrogens is 370 g/mol. The van der Waals surface area contributed by atoms with Crippen molar-refractivity contribution in [2.45, 2.75) is 31.6 Å². The van der Waals surface area contributed by atoms with Gasteiger partial charge in [-0.1, -0.05) is 44.2 Å². The Hall–Kier alpha value is -2.86. The van der Waals surface area contributed by atoms with Crippen molar-refractivity contribution >= 4 is 27.2 Å². The van der Waals surface area contributed by atoms with E-state index in [9.17, 15) is 8.42 Å². The average molecular weight is 396 g/mol. The second-order valence-electron chi connectivity index (χ2n) is 6.81. The largest absolute Gasteiger partial charge is 0.327 e. The van der Waals surface area contributed by atoms with Gasteiger partial charge in [0.2, 0.25) is 0 Å². The lowest BCUT2D eigenvalue weighted by Crippen LogP contribution is -2.17. The molecule has 2 aromatic carbocycles. The molecule has 0 aliphatic heterocycles. The summed E-state index contributed by atoms with van der Waals surface area (Å²) in [6, 6.07) is 20.5. The van der Waals surface area contributed by atoms with Gasteiger partial charge in [0.1, 0.15) is 5.82 Å². The molecule has 1 N–H and O–H groups in total. The second kappa shape index (κ2) is 8.44. The predicted octanol–water partition coefficient (Wildman–Crippen LogP) is 5.16. The number of hydrogen-bond acceptors (Lipinski definition) is 4. The number of aromatic nitrogens is 1. The Labute approximate surface area is 167 Å². The van der Waals surface area contributed by atoms with Crippen molar-refractivity contribution in [3.05, 3.63) is 78.5 Å². The van der Waals surface area contributed by atoms with E-state index in [0.717, 1.165) is 23.6 Å². The summed E-state index contributed by atoms with van der Waals surface area (Å²) < 4.78 is 27.9. The zero-order chi connectivity index (χ0) is 20.1. The normalized spacial score (nSPS) is 11.4. The molecule has 0 unspecified atom stereocenters. The Morgan fingerprint density at radius 3 is 2.18 bits per heavy atom. The van der Waals surface area contributed by atoms with Gasteiger partial charge in [0.15, 0.2) is 0 Å². The molecule has 0 atom stereocenters. The zero-order valence-electron chi connectivity index (χ0n) is 16.3. The Bertz CT molecular complexity index is 1000. The van der Waals surface area contributed by atoms with E-state index in [-0.39, 0.29) is 4.90 Å². The number of anilines is 3. The maximum Gasteiger partial charge on any atom is 0.261 e. The summed E-state index contributed by atoms with van der Waals surface area (Å²) in [6.07, 6.45) is 1.54. The van der Waals surface area contributed by atoms with Gasteiger partial charge in [-0.15, -0.1) is 0 Å². The van der Waals surface area contributed by atoms with E-state index >= 15 is 0 Å². The minimum absolute atomic E-state index is 0.237. The minimum Gasteiger partial charge on any atom is -0.327 e. The van der Waals surface area contributed by atoms with Gasteiger partial charge in [0.05, 0.1) is 16.8 Å². The highest BCUT2D eigenvalue weighted by Crippen LogP contribution is 2.25. The van der Waals surface area contributed by atoms with Crippen molar-refractivity contribution in [3.8, 4) is 0 Å². The molecule has 0 spiro atoms. The van der Waals surface area contributed by atoms with Crippen molar-refractivity contribution in [3.63, 3.8) is 0 Å². The van der Waals surface area contributed by atoms with Crippen molar-refractivity contribution in [2.24, 2.45) is 0 Å². The van der Waals surface area contributed by atoms with Gasteiger partial charge in [-0.05, 0) is 54.8 Å². The number of nitrogens with one attached hydrogen (secondary N) is 1. The van der Waals surface area contributed by atoms with E-state index < -0.39 is 10.0 Å². The lowest BCUT2D eigenvalue weighted by atomic mass is 10.0. The van der Waals surface area contributed by atoms with Crippen LogP contribution < -0.4 is 9.62 Å². The van der Waals surface area contributed by atoms with Gasteiger partial charge in [0, 0.05) is 12.2 Å². The minimum atomic E-state index is -3.65. The van der Waals surface area contributed by atoms with Crippen molar-refractivity contribution in [1.82, 2.24) is 4.98 Å². The highest BCUT2D eigenvalue weighted by atomic mass is 32.2. The topological polar surface area (TPSA) is 62.3 Å². The number of hydrogen-bond donors (Lipinski definition) is 1. The van der Waals surface area contributed by atoms with E-state index in [2.05, 4.69) is 28.5 Å². The van der Waals surface area contributed by atoms with Crippen LogP contribution in [0.4, 0.5) is 17.2 Å². The third-order valence-corrected chi connectivity index (χ3v) is 5.91. The lowest BCUT2D eigenvalue weighted by molar-refractivity contribution is 0.601. The monoisotopic (exact) mass is 395 g/mol. The van der Waals surface area contributed by atoms with Gasteiger partial charge in [-0.25, -0.2) is 13.4 Å². The van der Waals surface area contributed by atoms with Crippen LogP contribution in [-0.2, 0) is 10.0 Å². The predicted molar refractivity (Wildman–Crippen MR) is 115 cm³/mol. The van der Waals surface area contributed by atoms with Crippen LogP contribution in [0.25, 0.3) is 0 Å². The molecule has 1 aromatic heterocycles. The van der Waals surface area contributed by atoms with E-state index in [1.807, 2.05) is 55.5 Å². The van der Waals surface area contributed by atoms with Crippen LogP contribution in [0.5, 0.6) is 0 Å². The third-order valence-electron chi connectivity index (χ3n) is 4.52. The number of pyridine rings is 1. The fourth-order valence-electron chi connectivity index (χ4n) is 2.94. The smallest absolute Gasteiger partial charge is 0.261 e. The van der Waals surface area contributed by atoms with E-state index in [1.54, 1.807) is 24.4 Å². The van der Waals surface area contributed by atoms with Crippen molar-refractivity contribution in [2.75, 3.05) is 16.2 Å². The maximum absolute atomic E-state index is 12.6. The second-order valence-corrected chi connectivity index (χ2v) is 8.50. The molecule has 0 saturated carbocycles. The number of nitrogens with zero attached hydrogens (tertiary/aromatic N) is 2.